The van der Waals surface area contributed by atoms with Gasteiger partial charge in [-0.25, -0.2) is 12.8 Å². The van der Waals surface area contributed by atoms with Crippen molar-refractivity contribution < 1.29 is 22.5 Å². The summed E-state index contributed by atoms with van der Waals surface area (Å²) in [5, 5.41) is 11.0. The zero-order valence-corrected chi connectivity index (χ0v) is 18.6. The molecule has 1 aliphatic heterocycles. The number of aryl methyl sites for hydroxylation is 1. The van der Waals surface area contributed by atoms with Crippen LogP contribution in [0, 0.1) is 21.8 Å². The van der Waals surface area contributed by atoms with Crippen molar-refractivity contribution in [2.24, 2.45) is 18.0 Å². The lowest BCUT2D eigenvalue weighted by atomic mass is 9.99. The van der Waals surface area contributed by atoms with Crippen molar-refractivity contribution in [3.63, 3.8) is 0 Å². The highest BCUT2D eigenvalue weighted by molar-refractivity contribution is 7.89. The average Bonchev–Trinajstić information content (AvgIpc) is 3.08. The van der Waals surface area contributed by atoms with E-state index in [1.165, 1.54) is 28.6 Å². The predicted octanol–water partition coefficient (Wildman–Crippen LogP) is 2.82. The van der Waals surface area contributed by atoms with E-state index < -0.39 is 32.6 Å². The number of benzene rings is 2. The van der Waals surface area contributed by atoms with E-state index in [2.05, 4.69) is 4.99 Å². The summed E-state index contributed by atoms with van der Waals surface area (Å²) in [4.78, 5) is 27.9. The minimum Gasteiger partial charge on any atom is -0.319 e. The lowest BCUT2D eigenvalue weighted by molar-refractivity contribution is -0.384. The van der Waals surface area contributed by atoms with Gasteiger partial charge in [0.1, 0.15) is 5.82 Å². The van der Waals surface area contributed by atoms with E-state index in [-0.39, 0.29) is 23.7 Å². The zero-order valence-electron chi connectivity index (χ0n) is 17.0. The summed E-state index contributed by atoms with van der Waals surface area (Å²) in [7, 11) is -2.14. The van der Waals surface area contributed by atoms with E-state index in [9.17, 15) is 27.7 Å². The zero-order chi connectivity index (χ0) is 23.0. The van der Waals surface area contributed by atoms with E-state index in [0.717, 1.165) is 23.5 Å². The molecule has 1 saturated heterocycles. The van der Waals surface area contributed by atoms with Crippen LogP contribution in [0.5, 0.6) is 0 Å². The van der Waals surface area contributed by atoms with Crippen molar-refractivity contribution >= 4 is 43.2 Å². The first-order valence-corrected chi connectivity index (χ1v) is 12.0. The summed E-state index contributed by atoms with van der Waals surface area (Å²) in [6.45, 7) is 0.256. The van der Waals surface area contributed by atoms with Crippen LogP contribution in [-0.4, -0.2) is 41.2 Å². The largest absolute Gasteiger partial charge is 0.319 e. The standard InChI is InChI=1S/C20H19FN4O5S2/c1-23-17-9-6-15(25(27)28)11-18(17)31-20(23)22-19(26)13-3-2-10-24(12-13)32(29,30)16-7-4-14(21)5-8-16/h4-9,11,13H,2-3,10,12H2,1H3. The van der Waals surface area contributed by atoms with Crippen molar-refractivity contribution in [2.75, 3.05) is 13.1 Å². The fourth-order valence-corrected chi connectivity index (χ4v) is 6.23. The number of nitro benzene ring substituents is 1. The van der Waals surface area contributed by atoms with E-state index in [1.807, 2.05) is 0 Å². The SMILES string of the molecule is Cn1c(=NC(=O)C2CCCN(S(=O)(=O)c3ccc(F)cc3)C2)sc2cc([N+](=O)[O-])ccc21. The number of sulfonamides is 1. The van der Waals surface area contributed by atoms with Crippen LogP contribution < -0.4 is 4.80 Å². The van der Waals surface area contributed by atoms with Gasteiger partial charge in [-0.3, -0.25) is 14.9 Å². The monoisotopic (exact) mass is 478 g/mol. The molecular formula is C20H19FN4O5S2. The molecule has 32 heavy (non-hydrogen) atoms. The number of amides is 1. The number of nitro groups is 1. The number of aromatic nitrogens is 1. The quantitative estimate of drug-likeness (QED) is 0.422. The Bertz CT molecular complexity index is 1380. The third kappa shape index (κ3) is 4.20. The Morgan fingerprint density at radius 2 is 1.97 bits per heavy atom. The molecule has 1 aromatic heterocycles. The Morgan fingerprint density at radius 3 is 2.66 bits per heavy atom. The summed E-state index contributed by atoms with van der Waals surface area (Å²) in [5.41, 5.74) is 0.655. The number of carbonyl (C=O) groups is 1. The van der Waals surface area contributed by atoms with Crippen LogP contribution in [0.1, 0.15) is 12.8 Å². The van der Waals surface area contributed by atoms with Gasteiger partial charge in [-0.15, -0.1) is 0 Å². The van der Waals surface area contributed by atoms with Crippen LogP contribution in [0.4, 0.5) is 10.1 Å². The molecular weight excluding hydrogens is 459 g/mol. The third-order valence-corrected chi connectivity index (χ3v) is 8.37. The summed E-state index contributed by atoms with van der Waals surface area (Å²) in [5.74, 6) is -1.59. The molecule has 2 aromatic carbocycles. The maximum atomic E-state index is 13.2. The van der Waals surface area contributed by atoms with Crippen molar-refractivity contribution in [1.29, 1.82) is 0 Å². The number of rotatable bonds is 4. The Kier molecular flexibility index (Phi) is 5.93. The topological polar surface area (TPSA) is 115 Å². The molecule has 1 amide bonds. The molecule has 0 spiro atoms. The van der Waals surface area contributed by atoms with Crippen LogP contribution >= 0.6 is 11.3 Å². The number of fused-ring (bicyclic) bond motifs is 1. The highest BCUT2D eigenvalue weighted by Crippen LogP contribution is 2.26. The Hall–Kier alpha value is -2.96. The molecule has 9 nitrogen and oxygen atoms in total. The molecule has 1 atom stereocenters. The number of halogens is 1. The van der Waals surface area contributed by atoms with Crippen LogP contribution in [0.25, 0.3) is 10.2 Å². The van der Waals surface area contributed by atoms with E-state index >= 15 is 0 Å². The summed E-state index contributed by atoms with van der Waals surface area (Å²) in [6.07, 6.45) is 0.995. The van der Waals surface area contributed by atoms with Gasteiger partial charge in [-0.2, -0.15) is 9.30 Å². The average molecular weight is 479 g/mol. The molecule has 0 bridgehead atoms. The molecule has 1 aliphatic rings. The number of thiazole rings is 1. The van der Waals surface area contributed by atoms with Gasteiger partial charge in [0.25, 0.3) is 11.6 Å². The van der Waals surface area contributed by atoms with Gasteiger partial charge in [0.2, 0.25) is 10.0 Å². The maximum Gasteiger partial charge on any atom is 0.270 e. The molecule has 0 aliphatic carbocycles. The number of hydrogen-bond acceptors (Lipinski definition) is 6. The van der Waals surface area contributed by atoms with Crippen LogP contribution in [0.15, 0.2) is 52.4 Å². The van der Waals surface area contributed by atoms with Crippen molar-refractivity contribution in [3.05, 3.63) is 63.2 Å². The highest BCUT2D eigenvalue weighted by atomic mass is 32.2. The van der Waals surface area contributed by atoms with Gasteiger partial charge in [0.05, 0.1) is 26.0 Å². The molecule has 1 unspecified atom stereocenters. The van der Waals surface area contributed by atoms with Crippen molar-refractivity contribution in [2.45, 2.75) is 17.7 Å². The van der Waals surface area contributed by atoms with Crippen molar-refractivity contribution in [1.82, 2.24) is 8.87 Å². The number of hydrogen-bond donors (Lipinski definition) is 0. The lowest BCUT2D eigenvalue weighted by Gasteiger charge is -2.30. The normalized spacial score (nSPS) is 18.2. The van der Waals surface area contributed by atoms with E-state index in [1.54, 1.807) is 17.7 Å². The lowest BCUT2D eigenvalue weighted by Crippen LogP contribution is -2.42. The molecule has 12 heteroatoms. The van der Waals surface area contributed by atoms with Gasteiger partial charge in [0.15, 0.2) is 4.80 Å². The molecule has 168 valence electrons. The maximum absolute atomic E-state index is 13.2. The van der Waals surface area contributed by atoms with E-state index in [0.29, 0.717) is 27.9 Å². The minimum atomic E-state index is -3.85. The number of carbonyl (C=O) groups excluding carboxylic acids is 1. The Balaban J connectivity index is 1.59. The molecule has 0 radical (unpaired) electrons. The minimum absolute atomic E-state index is 0.0118. The Morgan fingerprint density at radius 1 is 1.25 bits per heavy atom. The highest BCUT2D eigenvalue weighted by Gasteiger charge is 2.33. The first kappa shape index (κ1) is 22.2. The fourth-order valence-electron chi connectivity index (χ4n) is 3.65. The number of nitrogens with zero attached hydrogens (tertiary/aromatic N) is 4. The molecule has 3 aromatic rings. The predicted molar refractivity (Wildman–Crippen MR) is 116 cm³/mol. The summed E-state index contributed by atoms with van der Waals surface area (Å²) < 4.78 is 42.5. The van der Waals surface area contributed by atoms with Gasteiger partial charge in [-0.1, -0.05) is 11.3 Å². The summed E-state index contributed by atoms with van der Waals surface area (Å²) >= 11 is 1.16. The smallest absolute Gasteiger partial charge is 0.270 e. The molecule has 0 N–H and O–H groups in total. The molecule has 1 fully saturated rings. The first-order valence-electron chi connectivity index (χ1n) is 9.75. The van der Waals surface area contributed by atoms with Crippen LogP contribution in [0.3, 0.4) is 0 Å². The number of piperidine rings is 1. The second-order valence-corrected chi connectivity index (χ2v) is 10.4. The third-order valence-electron chi connectivity index (χ3n) is 5.39. The van der Waals surface area contributed by atoms with Gasteiger partial charge in [0, 0.05) is 32.3 Å². The first-order chi connectivity index (χ1) is 15.2. The van der Waals surface area contributed by atoms with Gasteiger partial charge >= 0.3 is 0 Å². The van der Waals surface area contributed by atoms with Gasteiger partial charge < -0.3 is 4.57 Å². The second kappa shape index (κ2) is 8.52. The fraction of sp³-hybridized carbons (Fsp3) is 0.300. The van der Waals surface area contributed by atoms with Crippen LogP contribution in [0.2, 0.25) is 0 Å². The van der Waals surface area contributed by atoms with E-state index in [4.69, 9.17) is 0 Å². The second-order valence-electron chi connectivity index (χ2n) is 7.46. The van der Waals surface area contributed by atoms with Gasteiger partial charge in [-0.05, 0) is 43.2 Å². The number of non-ortho nitro benzene ring substituents is 1. The van der Waals surface area contributed by atoms with Crippen LogP contribution in [-0.2, 0) is 21.9 Å². The molecule has 2 heterocycles. The molecule has 4 rings (SSSR count). The summed E-state index contributed by atoms with van der Waals surface area (Å²) in [6, 6.07) is 9.00. The molecule has 0 saturated carbocycles. The van der Waals surface area contributed by atoms with Crippen molar-refractivity contribution in [3.8, 4) is 0 Å². The Labute approximate surface area is 186 Å².